The number of halogens is 1. The molecule has 3 rings (SSSR count). The van der Waals surface area contributed by atoms with E-state index in [1.54, 1.807) is 6.07 Å². The van der Waals surface area contributed by atoms with E-state index in [1.165, 1.54) is 17.3 Å². The quantitative estimate of drug-likeness (QED) is 0.900. The zero-order valence-corrected chi connectivity index (χ0v) is 11.6. The molecule has 1 unspecified atom stereocenters. The van der Waals surface area contributed by atoms with Crippen LogP contribution >= 0.6 is 0 Å². The Morgan fingerprint density at radius 1 is 1.15 bits per heavy atom. The molecule has 0 aliphatic carbocycles. The first-order valence-corrected chi connectivity index (χ1v) is 7.07. The van der Waals surface area contributed by atoms with Gasteiger partial charge in [0.25, 0.3) is 0 Å². The second-order valence-electron chi connectivity index (χ2n) is 5.33. The van der Waals surface area contributed by atoms with Crippen molar-refractivity contribution in [3.63, 3.8) is 0 Å². The highest BCUT2D eigenvalue weighted by Gasteiger charge is 2.26. The van der Waals surface area contributed by atoms with E-state index in [9.17, 15) is 4.39 Å². The minimum atomic E-state index is -0.222. The lowest BCUT2D eigenvalue weighted by Crippen LogP contribution is -2.34. The van der Waals surface area contributed by atoms with Crippen molar-refractivity contribution in [2.45, 2.75) is 32.4 Å². The SMILES string of the molecule is CC1CCc2ccccc2N1c1cccc(F)c1CN. The number of fused-ring (bicyclic) bond motifs is 1. The van der Waals surface area contributed by atoms with Crippen LogP contribution in [0.1, 0.15) is 24.5 Å². The third-order valence-corrected chi connectivity index (χ3v) is 4.08. The van der Waals surface area contributed by atoms with Gasteiger partial charge in [-0.05, 0) is 43.5 Å². The van der Waals surface area contributed by atoms with E-state index in [0.717, 1.165) is 18.5 Å². The molecule has 0 bridgehead atoms. The summed E-state index contributed by atoms with van der Waals surface area (Å²) in [5.74, 6) is -0.222. The summed E-state index contributed by atoms with van der Waals surface area (Å²) >= 11 is 0. The molecule has 0 aromatic heterocycles. The smallest absolute Gasteiger partial charge is 0.129 e. The molecule has 1 heterocycles. The van der Waals surface area contributed by atoms with Gasteiger partial charge in [0.05, 0.1) is 0 Å². The summed E-state index contributed by atoms with van der Waals surface area (Å²) in [5.41, 5.74) is 9.74. The molecule has 0 spiro atoms. The topological polar surface area (TPSA) is 29.3 Å². The maximum atomic E-state index is 14.0. The van der Waals surface area contributed by atoms with Gasteiger partial charge in [0.2, 0.25) is 0 Å². The molecule has 1 atom stereocenters. The molecule has 104 valence electrons. The van der Waals surface area contributed by atoms with Gasteiger partial charge in [-0.1, -0.05) is 24.3 Å². The number of hydrogen-bond donors (Lipinski definition) is 1. The van der Waals surface area contributed by atoms with Gasteiger partial charge in [-0.25, -0.2) is 4.39 Å². The zero-order valence-electron chi connectivity index (χ0n) is 11.6. The molecule has 0 amide bonds. The lowest BCUT2D eigenvalue weighted by Gasteiger charge is -2.38. The third-order valence-electron chi connectivity index (χ3n) is 4.08. The number of para-hydroxylation sites is 1. The van der Waals surface area contributed by atoms with Crippen molar-refractivity contribution in [2.75, 3.05) is 4.90 Å². The predicted octanol–water partition coefficient (Wildman–Crippen LogP) is 3.76. The Morgan fingerprint density at radius 2 is 1.90 bits per heavy atom. The number of hydrogen-bond acceptors (Lipinski definition) is 2. The summed E-state index contributed by atoms with van der Waals surface area (Å²) in [4.78, 5) is 2.23. The van der Waals surface area contributed by atoms with Crippen LogP contribution in [-0.2, 0) is 13.0 Å². The molecule has 2 aromatic rings. The molecular formula is C17H19FN2. The first-order valence-electron chi connectivity index (χ1n) is 7.07. The molecule has 2 nitrogen and oxygen atoms in total. The van der Waals surface area contributed by atoms with Crippen LogP contribution in [0.4, 0.5) is 15.8 Å². The van der Waals surface area contributed by atoms with E-state index < -0.39 is 0 Å². The summed E-state index contributed by atoms with van der Waals surface area (Å²) < 4.78 is 14.0. The summed E-state index contributed by atoms with van der Waals surface area (Å²) in [6, 6.07) is 13.9. The van der Waals surface area contributed by atoms with Crippen molar-refractivity contribution < 1.29 is 4.39 Å². The summed E-state index contributed by atoms with van der Waals surface area (Å²) in [7, 11) is 0. The number of nitrogens with two attached hydrogens (primary N) is 1. The van der Waals surface area contributed by atoms with Crippen LogP contribution in [0.15, 0.2) is 42.5 Å². The molecule has 0 radical (unpaired) electrons. The van der Waals surface area contributed by atoms with Crippen molar-refractivity contribution in [1.29, 1.82) is 0 Å². The molecule has 0 fully saturated rings. The normalized spacial score (nSPS) is 17.9. The Kier molecular flexibility index (Phi) is 3.45. The van der Waals surface area contributed by atoms with Crippen LogP contribution in [0.25, 0.3) is 0 Å². The molecule has 3 heteroatoms. The van der Waals surface area contributed by atoms with Crippen LogP contribution in [0.2, 0.25) is 0 Å². The van der Waals surface area contributed by atoms with Crippen molar-refractivity contribution >= 4 is 11.4 Å². The van der Waals surface area contributed by atoms with Gasteiger partial charge in [0.15, 0.2) is 0 Å². The molecule has 1 aliphatic heterocycles. The fourth-order valence-corrected chi connectivity index (χ4v) is 3.03. The van der Waals surface area contributed by atoms with E-state index >= 15 is 0 Å². The van der Waals surface area contributed by atoms with Crippen molar-refractivity contribution in [3.05, 3.63) is 59.4 Å². The standard InChI is InChI=1S/C17H19FN2/c1-12-9-10-13-5-2-3-7-16(13)20(12)17-8-4-6-15(18)14(17)11-19/h2-8,12H,9-11,19H2,1H3. The number of rotatable bonds is 2. The van der Waals surface area contributed by atoms with Crippen molar-refractivity contribution in [1.82, 2.24) is 0 Å². The van der Waals surface area contributed by atoms with E-state index in [0.29, 0.717) is 11.6 Å². The highest BCUT2D eigenvalue weighted by molar-refractivity contribution is 5.71. The van der Waals surface area contributed by atoms with Crippen LogP contribution in [0.5, 0.6) is 0 Å². The van der Waals surface area contributed by atoms with Crippen LogP contribution in [-0.4, -0.2) is 6.04 Å². The molecule has 2 aromatic carbocycles. The number of aryl methyl sites for hydroxylation is 1. The van der Waals surface area contributed by atoms with Gasteiger partial charge < -0.3 is 10.6 Å². The van der Waals surface area contributed by atoms with Gasteiger partial charge >= 0.3 is 0 Å². The maximum absolute atomic E-state index is 14.0. The molecule has 0 saturated heterocycles. The number of anilines is 2. The number of benzene rings is 2. The molecular weight excluding hydrogens is 251 g/mol. The summed E-state index contributed by atoms with van der Waals surface area (Å²) in [6.07, 6.45) is 2.14. The second-order valence-corrected chi connectivity index (χ2v) is 5.33. The van der Waals surface area contributed by atoms with Crippen molar-refractivity contribution in [2.24, 2.45) is 5.73 Å². The average molecular weight is 270 g/mol. The Morgan fingerprint density at radius 3 is 2.70 bits per heavy atom. The maximum Gasteiger partial charge on any atom is 0.129 e. The predicted molar refractivity (Wildman–Crippen MR) is 80.7 cm³/mol. The zero-order chi connectivity index (χ0) is 14.1. The van der Waals surface area contributed by atoms with Crippen molar-refractivity contribution in [3.8, 4) is 0 Å². The van der Waals surface area contributed by atoms with Crippen LogP contribution < -0.4 is 10.6 Å². The van der Waals surface area contributed by atoms with Crippen LogP contribution in [0.3, 0.4) is 0 Å². The fraction of sp³-hybridized carbons (Fsp3) is 0.294. The third kappa shape index (κ3) is 2.08. The van der Waals surface area contributed by atoms with E-state index in [2.05, 4.69) is 30.0 Å². The lowest BCUT2D eigenvalue weighted by atomic mass is 9.95. The largest absolute Gasteiger partial charge is 0.338 e. The number of nitrogens with zero attached hydrogens (tertiary/aromatic N) is 1. The second kappa shape index (κ2) is 5.25. The van der Waals surface area contributed by atoms with E-state index in [-0.39, 0.29) is 12.4 Å². The highest BCUT2D eigenvalue weighted by Crippen LogP contribution is 2.38. The lowest BCUT2D eigenvalue weighted by molar-refractivity contribution is 0.595. The molecule has 1 aliphatic rings. The Balaban J connectivity index is 2.17. The van der Waals surface area contributed by atoms with Gasteiger partial charge in [0.1, 0.15) is 5.82 Å². The Labute approximate surface area is 119 Å². The van der Waals surface area contributed by atoms with E-state index in [4.69, 9.17) is 5.73 Å². The minimum absolute atomic E-state index is 0.216. The van der Waals surface area contributed by atoms with Gasteiger partial charge in [-0.2, -0.15) is 0 Å². The van der Waals surface area contributed by atoms with Gasteiger partial charge in [-0.3, -0.25) is 0 Å². The average Bonchev–Trinajstić information content (AvgIpc) is 2.47. The summed E-state index contributed by atoms with van der Waals surface area (Å²) in [5, 5.41) is 0. The Hall–Kier alpha value is -1.87. The van der Waals surface area contributed by atoms with E-state index in [1.807, 2.05) is 12.1 Å². The van der Waals surface area contributed by atoms with Gasteiger partial charge in [0, 0.05) is 29.5 Å². The first-order chi connectivity index (χ1) is 9.72. The first kappa shape index (κ1) is 13.1. The van der Waals surface area contributed by atoms with Gasteiger partial charge in [-0.15, -0.1) is 0 Å². The monoisotopic (exact) mass is 270 g/mol. The fourth-order valence-electron chi connectivity index (χ4n) is 3.03. The molecule has 20 heavy (non-hydrogen) atoms. The minimum Gasteiger partial charge on any atom is -0.338 e. The summed E-state index contributed by atoms with van der Waals surface area (Å²) in [6.45, 7) is 2.40. The van der Waals surface area contributed by atoms with Crippen LogP contribution in [0, 0.1) is 5.82 Å². The molecule has 0 saturated carbocycles. The highest BCUT2D eigenvalue weighted by atomic mass is 19.1. The molecule has 2 N–H and O–H groups in total. The Bertz CT molecular complexity index is 624.